The number of anilines is 1. The molecule has 0 aliphatic heterocycles. The highest BCUT2D eigenvalue weighted by molar-refractivity contribution is 14.1. The number of aromatic nitrogens is 2. The molecule has 102 valence electrons. The van der Waals surface area contributed by atoms with Crippen LogP contribution in [-0.4, -0.2) is 9.55 Å². The van der Waals surface area contributed by atoms with Crippen molar-refractivity contribution in [2.75, 3.05) is 5.73 Å². The Morgan fingerprint density at radius 3 is 2.53 bits per heavy atom. The van der Waals surface area contributed by atoms with E-state index in [-0.39, 0.29) is 0 Å². The fourth-order valence-electron chi connectivity index (χ4n) is 3.17. The topological polar surface area (TPSA) is 43.8 Å². The zero-order chi connectivity index (χ0) is 13.2. The largest absolute Gasteiger partial charge is 0.369 e. The fraction of sp³-hybridized carbons (Fsp3) is 0.533. The molecule has 1 aliphatic carbocycles. The number of nitrogen functional groups attached to an aromatic ring is 1. The minimum absolute atomic E-state index is 0.533. The lowest BCUT2D eigenvalue weighted by atomic mass is 9.96. The molecular weight excluding hydrogens is 349 g/mol. The molecule has 2 N–H and O–H groups in total. The van der Waals surface area contributed by atoms with Crippen molar-refractivity contribution < 1.29 is 0 Å². The van der Waals surface area contributed by atoms with Gasteiger partial charge in [-0.2, -0.15) is 0 Å². The molecule has 3 nitrogen and oxygen atoms in total. The number of imidazole rings is 1. The van der Waals surface area contributed by atoms with Gasteiger partial charge in [0.25, 0.3) is 0 Å². The molecule has 19 heavy (non-hydrogen) atoms. The van der Waals surface area contributed by atoms with Gasteiger partial charge >= 0.3 is 0 Å². The van der Waals surface area contributed by atoms with Crippen molar-refractivity contribution in [3.8, 4) is 0 Å². The number of rotatable bonds is 1. The third-order valence-electron chi connectivity index (χ3n) is 4.12. The van der Waals surface area contributed by atoms with Gasteiger partial charge < -0.3 is 10.3 Å². The molecule has 0 saturated heterocycles. The zero-order valence-electron chi connectivity index (χ0n) is 11.1. The highest BCUT2D eigenvalue weighted by atomic mass is 127. The molecule has 4 heteroatoms. The number of benzene rings is 1. The molecule has 0 spiro atoms. The highest BCUT2D eigenvalue weighted by Gasteiger charge is 2.18. The minimum Gasteiger partial charge on any atom is -0.369 e. The van der Waals surface area contributed by atoms with E-state index in [9.17, 15) is 0 Å². The first-order valence-corrected chi connectivity index (χ1v) is 8.26. The van der Waals surface area contributed by atoms with Crippen molar-refractivity contribution in [3.05, 3.63) is 21.8 Å². The lowest BCUT2D eigenvalue weighted by molar-refractivity contribution is 0.381. The van der Waals surface area contributed by atoms with Crippen LogP contribution in [0.1, 0.15) is 51.0 Å². The Balaban J connectivity index is 2.00. The van der Waals surface area contributed by atoms with Gasteiger partial charge in [0.05, 0.1) is 11.0 Å². The molecule has 1 aliphatic rings. The smallest absolute Gasteiger partial charge is 0.201 e. The molecule has 1 fully saturated rings. The predicted octanol–water partition coefficient (Wildman–Crippen LogP) is 4.51. The first-order valence-electron chi connectivity index (χ1n) is 7.18. The van der Waals surface area contributed by atoms with Crippen LogP contribution in [0, 0.1) is 3.57 Å². The van der Waals surface area contributed by atoms with Gasteiger partial charge in [-0.25, -0.2) is 4.98 Å². The van der Waals surface area contributed by atoms with Crippen LogP contribution in [0.5, 0.6) is 0 Å². The number of hydrogen-bond acceptors (Lipinski definition) is 2. The van der Waals surface area contributed by atoms with Crippen LogP contribution in [-0.2, 0) is 0 Å². The molecule has 1 aromatic carbocycles. The lowest BCUT2D eigenvalue weighted by Crippen LogP contribution is -2.13. The van der Waals surface area contributed by atoms with E-state index in [2.05, 4.69) is 50.3 Å². The van der Waals surface area contributed by atoms with Crippen LogP contribution in [0.15, 0.2) is 18.2 Å². The van der Waals surface area contributed by atoms with Crippen LogP contribution in [0.25, 0.3) is 11.0 Å². The summed E-state index contributed by atoms with van der Waals surface area (Å²) in [5, 5.41) is 0. The standard InChI is InChI=1S/C15H20IN3/c16-11-8-9-14-13(10-11)18-15(17)19(14)12-6-4-2-1-3-5-7-12/h8-10,12H,1-7H2,(H2,17,18). The second-order valence-electron chi connectivity index (χ2n) is 5.47. The first kappa shape index (κ1) is 13.2. The zero-order valence-corrected chi connectivity index (χ0v) is 13.3. The van der Waals surface area contributed by atoms with E-state index >= 15 is 0 Å². The number of nitrogens with zero attached hydrogens (tertiary/aromatic N) is 2. The van der Waals surface area contributed by atoms with Gasteiger partial charge in [-0.1, -0.05) is 32.1 Å². The summed E-state index contributed by atoms with van der Waals surface area (Å²) >= 11 is 2.32. The summed E-state index contributed by atoms with van der Waals surface area (Å²) in [6.45, 7) is 0. The summed E-state index contributed by atoms with van der Waals surface area (Å²) in [6, 6.07) is 6.96. The average molecular weight is 369 g/mol. The molecule has 0 radical (unpaired) electrons. The third-order valence-corrected chi connectivity index (χ3v) is 4.79. The van der Waals surface area contributed by atoms with Crippen molar-refractivity contribution in [1.29, 1.82) is 0 Å². The Kier molecular flexibility index (Phi) is 3.96. The van der Waals surface area contributed by atoms with Gasteiger partial charge in [-0.05, 0) is 53.6 Å². The van der Waals surface area contributed by atoms with Crippen LogP contribution >= 0.6 is 22.6 Å². The van der Waals surface area contributed by atoms with Crippen molar-refractivity contribution in [2.24, 2.45) is 0 Å². The number of halogens is 1. The van der Waals surface area contributed by atoms with Crippen LogP contribution in [0.4, 0.5) is 5.95 Å². The summed E-state index contributed by atoms with van der Waals surface area (Å²) in [7, 11) is 0. The second-order valence-corrected chi connectivity index (χ2v) is 6.72. The molecule has 1 heterocycles. The molecule has 0 amide bonds. The van der Waals surface area contributed by atoms with Crippen LogP contribution in [0.3, 0.4) is 0 Å². The Morgan fingerprint density at radius 1 is 1.11 bits per heavy atom. The molecular formula is C15H20IN3. The molecule has 2 aromatic rings. The Morgan fingerprint density at radius 2 is 1.79 bits per heavy atom. The molecule has 1 aromatic heterocycles. The minimum atomic E-state index is 0.533. The summed E-state index contributed by atoms with van der Waals surface area (Å²) in [4.78, 5) is 4.54. The maximum Gasteiger partial charge on any atom is 0.201 e. The lowest BCUT2D eigenvalue weighted by Gasteiger charge is -2.22. The van der Waals surface area contributed by atoms with Crippen LogP contribution in [0.2, 0.25) is 0 Å². The molecule has 0 bridgehead atoms. The quantitative estimate of drug-likeness (QED) is 0.752. The number of nitrogens with two attached hydrogens (primary N) is 1. The van der Waals surface area contributed by atoms with Gasteiger partial charge in [-0.15, -0.1) is 0 Å². The van der Waals surface area contributed by atoms with E-state index in [1.54, 1.807) is 0 Å². The van der Waals surface area contributed by atoms with Gasteiger partial charge in [0.15, 0.2) is 0 Å². The average Bonchev–Trinajstić information content (AvgIpc) is 2.64. The Labute approximate surface area is 127 Å². The SMILES string of the molecule is Nc1nc2cc(I)ccc2n1C1CCCCCCC1. The fourth-order valence-corrected chi connectivity index (χ4v) is 3.64. The maximum absolute atomic E-state index is 6.17. The third kappa shape index (κ3) is 2.73. The van der Waals surface area contributed by atoms with Crippen molar-refractivity contribution in [3.63, 3.8) is 0 Å². The molecule has 0 atom stereocenters. The molecule has 1 saturated carbocycles. The summed E-state index contributed by atoms with van der Waals surface area (Å²) in [5.41, 5.74) is 8.41. The van der Waals surface area contributed by atoms with E-state index in [4.69, 9.17) is 5.73 Å². The van der Waals surface area contributed by atoms with Gasteiger partial charge in [0, 0.05) is 9.61 Å². The highest BCUT2D eigenvalue weighted by Crippen LogP contribution is 2.32. The summed E-state index contributed by atoms with van der Waals surface area (Å²) < 4.78 is 3.49. The van der Waals surface area contributed by atoms with Gasteiger partial charge in [-0.3, -0.25) is 0 Å². The maximum atomic E-state index is 6.17. The molecule has 3 rings (SSSR count). The Bertz CT molecular complexity index is 568. The molecule has 0 unspecified atom stereocenters. The monoisotopic (exact) mass is 369 g/mol. The van der Waals surface area contributed by atoms with E-state index in [1.807, 2.05) is 0 Å². The van der Waals surface area contributed by atoms with E-state index < -0.39 is 0 Å². The Hall–Kier alpha value is -0.780. The van der Waals surface area contributed by atoms with Crippen molar-refractivity contribution in [1.82, 2.24) is 9.55 Å². The van der Waals surface area contributed by atoms with Gasteiger partial charge in [0.2, 0.25) is 5.95 Å². The van der Waals surface area contributed by atoms with Crippen LogP contribution < -0.4 is 5.73 Å². The van der Waals surface area contributed by atoms with Gasteiger partial charge in [0.1, 0.15) is 0 Å². The van der Waals surface area contributed by atoms with E-state index in [0.717, 1.165) is 5.52 Å². The summed E-state index contributed by atoms with van der Waals surface area (Å²) in [6.07, 6.45) is 9.22. The second kappa shape index (κ2) is 5.69. The summed E-state index contributed by atoms with van der Waals surface area (Å²) in [5.74, 6) is 0.683. The van der Waals surface area contributed by atoms with Crippen molar-refractivity contribution >= 4 is 39.6 Å². The van der Waals surface area contributed by atoms with E-state index in [1.165, 1.54) is 54.0 Å². The first-order chi connectivity index (χ1) is 9.25. The number of fused-ring (bicyclic) bond motifs is 1. The van der Waals surface area contributed by atoms with E-state index in [0.29, 0.717) is 12.0 Å². The normalized spacial score (nSPS) is 18.4. The number of hydrogen-bond donors (Lipinski definition) is 1. The predicted molar refractivity (Wildman–Crippen MR) is 88.2 cm³/mol. The van der Waals surface area contributed by atoms with Crippen molar-refractivity contribution in [2.45, 2.75) is 51.0 Å².